The van der Waals surface area contributed by atoms with Gasteiger partial charge in [0.25, 0.3) is 0 Å². The Kier molecular flexibility index (Phi) is 2.74. The SMILES string of the molecule is Cc1ccc(OC2CC2)c(-c2cc(C(=O)O)no2)c1. The average molecular weight is 259 g/mol. The molecule has 1 aliphatic rings. The summed E-state index contributed by atoms with van der Waals surface area (Å²) in [5.41, 5.74) is 1.69. The summed E-state index contributed by atoms with van der Waals surface area (Å²) in [6, 6.07) is 7.16. The van der Waals surface area contributed by atoms with Crippen molar-refractivity contribution in [3.8, 4) is 17.1 Å². The van der Waals surface area contributed by atoms with E-state index in [2.05, 4.69) is 5.16 Å². The zero-order valence-electron chi connectivity index (χ0n) is 10.4. The number of rotatable bonds is 4. The van der Waals surface area contributed by atoms with Gasteiger partial charge in [-0.2, -0.15) is 0 Å². The molecule has 2 aromatic rings. The van der Waals surface area contributed by atoms with Gasteiger partial charge in [0.05, 0.1) is 11.7 Å². The van der Waals surface area contributed by atoms with E-state index in [0.717, 1.165) is 24.0 Å². The number of benzene rings is 1. The first-order chi connectivity index (χ1) is 9.13. The van der Waals surface area contributed by atoms with Crippen LogP contribution >= 0.6 is 0 Å². The van der Waals surface area contributed by atoms with Gasteiger partial charge in [-0.1, -0.05) is 16.8 Å². The number of carboxylic acids is 1. The lowest BCUT2D eigenvalue weighted by Crippen LogP contribution is -1.98. The molecule has 0 unspecified atom stereocenters. The molecule has 3 rings (SSSR count). The maximum atomic E-state index is 10.8. The van der Waals surface area contributed by atoms with Gasteiger partial charge in [0.15, 0.2) is 11.5 Å². The first kappa shape index (κ1) is 11.8. The second kappa shape index (κ2) is 4.42. The number of aromatic nitrogens is 1. The predicted octanol–water partition coefficient (Wildman–Crippen LogP) is 2.89. The molecule has 1 aromatic heterocycles. The number of hydrogen-bond donors (Lipinski definition) is 1. The monoisotopic (exact) mass is 259 g/mol. The fraction of sp³-hybridized carbons (Fsp3) is 0.286. The molecule has 0 saturated heterocycles. The van der Waals surface area contributed by atoms with Gasteiger partial charge in [-0.05, 0) is 31.9 Å². The molecule has 0 radical (unpaired) electrons. The molecular formula is C14H13NO4. The van der Waals surface area contributed by atoms with E-state index in [1.165, 1.54) is 6.07 Å². The third-order valence-corrected chi connectivity index (χ3v) is 2.95. The highest BCUT2D eigenvalue weighted by Gasteiger charge is 2.25. The molecule has 1 saturated carbocycles. The molecule has 5 heteroatoms. The van der Waals surface area contributed by atoms with E-state index in [1.807, 2.05) is 25.1 Å². The molecule has 1 heterocycles. The Labute approximate surface area is 109 Å². The summed E-state index contributed by atoms with van der Waals surface area (Å²) in [7, 11) is 0. The lowest BCUT2D eigenvalue weighted by Gasteiger charge is -2.09. The summed E-state index contributed by atoms with van der Waals surface area (Å²) in [6.45, 7) is 1.96. The maximum Gasteiger partial charge on any atom is 0.358 e. The van der Waals surface area contributed by atoms with E-state index in [4.69, 9.17) is 14.4 Å². The van der Waals surface area contributed by atoms with Crippen molar-refractivity contribution in [1.82, 2.24) is 5.16 Å². The van der Waals surface area contributed by atoms with Gasteiger partial charge in [-0.15, -0.1) is 0 Å². The standard InChI is InChI=1S/C14H13NO4/c1-8-2-5-12(18-9-3-4-9)10(6-8)13-7-11(14(16)17)15-19-13/h2,5-7,9H,3-4H2,1H3,(H,16,17). The van der Waals surface area contributed by atoms with E-state index in [0.29, 0.717) is 11.5 Å². The second-order valence-electron chi connectivity index (χ2n) is 4.70. The van der Waals surface area contributed by atoms with Crippen LogP contribution in [0.25, 0.3) is 11.3 Å². The molecule has 0 aliphatic heterocycles. The number of aromatic carboxylic acids is 1. The summed E-state index contributed by atoms with van der Waals surface area (Å²) in [6.07, 6.45) is 2.39. The largest absolute Gasteiger partial charge is 0.490 e. The molecule has 1 aliphatic carbocycles. The maximum absolute atomic E-state index is 10.8. The summed E-state index contributed by atoms with van der Waals surface area (Å²) >= 11 is 0. The van der Waals surface area contributed by atoms with E-state index in [9.17, 15) is 4.79 Å². The fourth-order valence-electron chi connectivity index (χ4n) is 1.81. The lowest BCUT2D eigenvalue weighted by atomic mass is 10.1. The summed E-state index contributed by atoms with van der Waals surface area (Å²) in [5, 5.41) is 12.4. The van der Waals surface area contributed by atoms with Crippen LogP contribution < -0.4 is 4.74 Å². The molecule has 1 N–H and O–H groups in total. The van der Waals surface area contributed by atoms with Crippen LogP contribution in [-0.4, -0.2) is 22.3 Å². The van der Waals surface area contributed by atoms with Gasteiger partial charge in [0.2, 0.25) is 0 Å². The molecule has 0 spiro atoms. The Morgan fingerprint density at radius 2 is 2.21 bits per heavy atom. The topological polar surface area (TPSA) is 72.6 Å². The molecular weight excluding hydrogens is 246 g/mol. The molecule has 0 atom stereocenters. The predicted molar refractivity (Wildman–Crippen MR) is 67.3 cm³/mol. The number of carboxylic acid groups (broad SMARTS) is 1. The molecule has 0 bridgehead atoms. The van der Waals surface area contributed by atoms with Gasteiger partial charge >= 0.3 is 5.97 Å². The van der Waals surface area contributed by atoms with Crippen molar-refractivity contribution in [3.63, 3.8) is 0 Å². The number of nitrogens with zero attached hydrogens (tertiary/aromatic N) is 1. The molecule has 0 amide bonds. The number of hydrogen-bond acceptors (Lipinski definition) is 4. The molecule has 1 aromatic carbocycles. The first-order valence-electron chi connectivity index (χ1n) is 6.11. The van der Waals surface area contributed by atoms with E-state index >= 15 is 0 Å². The highest BCUT2D eigenvalue weighted by molar-refractivity contribution is 5.86. The molecule has 98 valence electrons. The van der Waals surface area contributed by atoms with E-state index < -0.39 is 5.97 Å². The van der Waals surface area contributed by atoms with Crippen LogP contribution in [0.5, 0.6) is 5.75 Å². The van der Waals surface area contributed by atoms with Crippen LogP contribution in [0.4, 0.5) is 0 Å². The van der Waals surface area contributed by atoms with Crippen LogP contribution in [0.1, 0.15) is 28.9 Å². The third-order valence-electron chi connectivity index (χ3n) is 2.95. The van der Waals surface area contributed by atoms with Crippen molar-refractivity contribution in [3.05, 3.63) is 35.5 Å². The molecule has 19 heavy (non-hydrogen) atoms. The van der Waals surface area contributed by atoms with E-state index in [1.54, 1.807) is 0 Å². The van der Waals surface area contributed by atoms with Crippen molar-refractivity contribution < 1.29 is 19.2 Å². The van der Waals surface area contributed by atoms with Crippen LogP contribution in [-0.2, 0) is 0 Å². The number of aryl methyl sites for hydroxylation is 1. The minimum Gasteiger partial charge on any atom is -0.490 e. The highest BCUT2D eigenvalue weighted by Crippen LogP contribution is 2.35. The smallest absolute Gasteiger partial charge is 0.358 e. The number of ether oxygens (including phenoxy) is 1. The zero-order valence-corrected chi connectivity index (χ0v) is 10.4. The van der Waals surface area contributed by atoms with Crippen LogP contribution in [0.2, 0.25) is 0 Å². The summed E-state index contributed by atoms with van der Waals surface area (Å²) in [5.74, 6) is 0.0188. The Hall–Kier alpha value is -2.30. The van der Waals surface area contributed by atoms with Crippen molar-refractivity contribution in [2.24, 2.45) is 0 Å². The van der Waals surface area contributed by atoms with Gasteiger partial charge in [0.1, 0.15) is 5.75 Å². The highest BCUT2D eigenvalue weighted by atomic mass is 16.5. The van der Waals surface area contributed by atoms with Gasteiger partial charge in [0, 0.05) is 6.07 Å². The Morgan fingerprint density at radius 3 is 2.84 bits per heavy atom. The van der Waals surface area contributed by atoms with Crippen molar-refractivity contribution in [1.29, 1.82) is 0 Å². The van der Waals surface area contributed by atoms with Gasteiger partial charge < -0.3 is 14.4 Å². The molecule has 5 nitrogen and oxygen atoms in total. The van der Waals surface area contributed by atoms with E-state index in [-0.39, 0.29) is 11.8 Å². The minimum absolute atomic E-state index is 0.103. The Balaban J connectivity index is 2.00. The summed E-state index contributed by atoms with van der Waals surface area (Å²) < 4.78 is 10.9. The van der Waals surface area contributed by atoms with Gasteiger partial charge in [-0.3, -0.25) is 0 Å². The van der Waals surface area contributed by atoms with Crippen molar-refractivity contribution in [2.45, 2.75) is 25.9 Å². The third kappa shape index (κ3) is 2.45. The number of carbonyl (C=O) groups is 1. The molecule has 1 fully saturated rings. The minimum atomic E-state index is -1.10. The van der Waals surface area contributed by atoms with Gasteiger partial charge in [-0.25, -0.2) is 4.79 Å². The lowest BCUT2D eigenvalue weighted by molar-refractivity contribution is 0.0686. The normalized spacial score (nSPS) is 14.4. The fourth-order valence-corrected chi connectivity index (χ4v) is 1.81. The zero-order chi connectivity index (χ0) is 13.4. The average Bonchev–Trinajstić information content (AvgIpc) is 3.05. The summed E-state index contributed by atoms with van der Waals surface area (Å²) in [4.78, 5) is 10.8. The van der Waals surface area contributed by atoms with Crippen LogP contribution in [0.15, 0.2) is 28.8 Å². The van der Waals surface area contributed by atoms with Crippen LogP contribution in [0.3, 0.4) is 0 Å². The van der Waals surface area contributed by atoms with Crippen molar-refractivity contribution in [2.75, 3.05) is 0 Å². The first-order valence-corrected chi connectivity index (χ1v) is 6.11. The Morgan fingerprint density at radius 1 is 1.42 bits per heavy atom. The van der Waals surface area contributed by atoms with Crippen molar-refractivity contribution >= 4 is 5.97 Å². The second-order valence-corrected chi connectivity index (χ2v) is 4.70. The van der Waals surface area contributed by atoms with Crippen LogP contribution in [0, 0.1) is 6.92 Å². The quantitative estimate of drug-likeness (QED) is 0.913. The Bertz CT molecular complexity index is 628.